The molecule has 1 heterocycles. The van der Waals surface area contributed by atoms with Crippen molar-refractivity contribution in [2.75, 3.05) is 0 Å². The Morgan fingerprint density at radius 3 is 2.90 bits per heavy atom. The average Bonchev–Trinajstić information content (AvgIpc) is 2.31. The van der Waals surface area contributed by atoms with Gasteiger partial charge in [0.25, 0.3) is 0 Å². The van der Waals surface area contributed by atoms with Crippen molar-refractivity contribution < 1.29 is 0 Å². The van der Waals surface area contributed by atoms with Crippen LogP contribution in [-0.4, -0.2) is 4.57 Å². The van der Waals surface area contributed by atoms with Gasteiger partial charge in [0.1, 0.15) is 0 Å². The van der Waals surface area contributed by atoms with Crippen LogP contribution in [0.25, 0.3) is 0 Å². The minimum atomic E-state index is 1.06. The van der Waals surface area contributed by atoms with Gasteiger partial charge in [-0.25, -0.2) is 0 Å². The summed E-state index contributed by atoms with van der Waals surface area (Å²) in [6.07, 6.45) is 4.55. The van der Waals surface area contributed by atoms with Crippen molar-refractivity contribution in [1.82, 2.24) is 4.57 Å². The second-order valence-corrected chi connectivity index (χ2v) is 2.87. The Morgan fingerprint density at radius 2 is 2.40 bits per heavy atom. The molecule has 2 radical (unpaired) electrons. The van der Waals surface area contributed by atoms with Gasteiger partial charge in [0.15, 0.2) is 0 Å². The molecule has 1 rings (SSSR count). The number of nitrogens with zero attached hydrogens (tertiary/aromatic N) is 1. The zero-order valence-electron chi connectivity index (χ0n) is 6.25. The normalized spacial score (nSPS) is 10.2. The van der Waals surface area contributed by atoms with Gasteiger partial charge in [-0.1, -0.05) is 13.3 Å². The fourth-order valence-corrected chi connectivity index (χ4v) is 1.18. The number of rotatable bonds is 3. The molecule has 1 nitrogen and oxygen atoms in total. The molecule has 0 spiro atoms. The molecule has 0 bridgehead atoms. The summed E-state index contributed by atoms with van der Waals surface area (Å²) in [6, 6.07) is 4.04. The van der Waals surface area contributed by atoms with Crippen LogP contribution in [0.2, 0.25) is 0 Å². The van der Waals surface area contributed by atoms with E-state index in [1.54, 1.807) is 0 Å². The maximum atomic E-state index is 4.28. The number of aromatic nitrogens is 1. The fraction of sp³-hybridized carbons (Fsp3) is 0.500. The number of hydrogen-bond acceptors (Lipinski definition) is 0. The Kier molecular flexibility index (Phi) is 2.95. The summed E-state index contributed by atoms with van der Waals surface area (Å²) in [5.41, 5.74) is 1.06. The highest BCUT2D eigenvalue weighted by Gasteiger charge is 1.92. The third kappa shape index (κ3) is 1.85. The lowest BCUT2D eigenvalue weighted by Crippen LogP contribution is -2.07. The van der Waals surface area contributed by atoms with Crippen molar-refractivity contribution >= 4 is 14.7 Å². The predicted octanol–water partition coefficient (Wildman–Crippen LogP) is 2.32. The van der Waals surface area contributed by atoms with Crippen LogP contribution in [0, 0.1) is 0 Å². The van der Waals surface area contributed by atoms with Crippen molar-refractivity contribution in [3.8, 4) is 0 Å². The Bertz CT molecular complexity index is 193. The summed E-state index contributed by atoms with van der Waals surface area (Å²) in [4.78, 5) is 0. The van der Waals surface area contributed by atoms with E-state index < -0.39 is 0 Å². The quantitative estimate of drug-likeness (QED) is 0.587. The number of hydrogen-bond donors (Lipinski definition) is 0. The molecule has 0 saturated carbocycles. The van der Waals surface area contributed by atoms with Gasteiger partial charge in [-0.2, -0.15) is 0 Å². The summed E-state index contributed by atoms with van der Waals surface area (Å²) in [7, 11) is 4.28. The lowest BCUT2D eigenvalue weighted by molar-refractivity contribution is 0.647. The molecule has 1 aromatic heterocycles. The molecule has 0 aliphatic carbocycles. The molecule has 0 atom stereocenters. The summed E-state index contributed by atoms with van der Waals surface area (Å²) < 4.78 is 2.16. The van der Waals surface area contributed by atoms with E-state index in [0.29, 0.717) is 0 Å². The Labute approximate surface area is 64.6 Å². The van der Waals surface area contributed by atoms with Crippen LogP contribution in [-0.2, 0) is 6.54 Å². The molecule has 10 heavy (non-hydrogen) atoms. The number of unbranched alkanes of at least 4 members (excludes halogenated alkanes) is 1. The zero-order chi connectivity index (χ0) is 7.40. The predicted molar refractivity (Wildman–Crippen MR) is 45.9 cm³/mol. The molecule has 0 fully saturated rings. The smallest absolute Gasteiger partial charge is 0.0513 e. The topological polar surface area (TPSA) is 4.93 Å². The zero-order valence-corrected chi connectivity index (χ0v) is 7.14. The Balaban J connectivity index is 2.49. The first kappa shape index (κ1) is 7.81. The van der Waals surface area contributed by atoms with Crippen LogP contribution in [0.3, 0.4) is 0 Å². The van der Waals surface area contributed by atoms with E-state index in [2.05, 4.69) is 26.9 Å². The fourth-order valence-electron chi connectivity index (χ4n) is 0.923. The van der Waals surface area contributed by atoms with Gasteiger partial charge in [-0.3, -0.25) is 0 Å². The van der Waals surface area contributed by atoms with Crippen molar-refractivity contribution in [3.63, 3.8) is 0 Å². The summed E-state index contributed by atoms with van der Waals surface area (Å²) in [5, 5.41) is 0. The highest BCUT2D eigenvalue weighted by Crippen LogP contribution is 1.97. The minimum absolute atomic E-state index is 1.06. The molecule has 0 unspecified atom stereocenters. The van der Waals surface area contributed by atoms with Crippen LogP contribution in [0.1, 0.15) is 19.8 Å². The van der Waals surface area contributed by atoms with E-state index in [4.69, 9.17) is 0 Å². The second kappa shape index (κ2) is 3.78. The molecular formula is C8H12NP. The summed E-state index contributed by atoms with van der Waals surface area (Å²) in [6.45, 7) is 3.30. The maximum absolute atomic E-state index is 4.28. The van der Waals surface area contributed by atoms with Gasteiger partial charge in [0, 0.05) is 22.0 Å². The Hall–Kier alpha value is -0.290. The monoisotopic (exact) mass is 153 g/mol. The summed E-state index contributed by atoms with van der Waals surface area (Å²) >= 11 is 0. The molecule has 0 aromatic carbocycles. The molecule has 0 saturated heterocycles. The lowest BCUT2D eigenvalue weighted by atomic mass is 10.3. The van der Waals surface area contributed by atoms with Crippen LogP contribution in [0.5, 0.6) is 0 Å². The van der Waals surface area contributed by atoms with Gasteiger partial charge in [0.2, 0.25) is 0 Å². The van der Waals surface area contributed by atoms with E-state index in [1.807, 2.05) is 12.1 Å². The molecular weight excluding hydrogens is 141 g/mol. The third-order valence-corrected chi connectivity index (χ3v) is 1.96. The second-order valence-electron chi connectivity index (χ2n) is 2.41. The number of aryl methyl sites for hydroxylation is 1. The molecule has 54 valence electrons. The van der Waals surface area contributed by atoms with Crippen molar-refractivity contribution in [2.45, 2.75) is 26.3 Å². The lowest BCUT2D eigenvalue weighted by Gasteiger charge is -2.02. The van der Waals surface area contributed by atoms with Crippen molar-refractivity contribution in [2.24, 2.45) is 0 Å². The first-order chi connectivity index (χ1) is 4.84. The van der Waals surface area contributed by atoms with E-state index in [-0.39, 0.29) is 0 Å². The van der Waals surface area contributed by atoms with Gasteiger partial charge in [0.05, 0.1) is 5.44 Å². The molecule has 1 aromatic rings. The van der Waals surface area contributed by atoms with Gasteiger partial charge < -0.3 is 4.57 Å². The van der Waals surface area contributed by atoms with Crippen LogP contribution in [0.4, 0.5) is 0 Å². The van der Waals surface area contributed by atoms with E-state index in [9.17, 15) is 0 Å². The highest BCUT2D eigenvalue weighted by atomic mass is 31.0. The average molecular weight is 153 g/mol. The molecule has 0 aliphatic heterocycles. The molecule has 0 amide bonds. The molecule has 2 heteroatoms. The Morgan fingerprint density at radius 1 is 1.60 bits per heavy atom. The maximum Gasteiger partial charge on any atom is 0.0513 e. The van der Waals surface area contributed by atoms with Crippen LogP contribution in [0.15, 0.2) is 18.3 Å². The first-order valence-corrected chi connectivity index (χ1v) is 4.13. The molecule has 0 N–H and O–H groups in total. The van der Waals surface area contributed by atoms with E-state index in [1.165, 1.54) is 12.8 Å². The van der Waals surface area contributed by atoms with E-state index in [0.717, 1.165) is 12.0 Å². The standard InChI is InChI=1S/C8H12NP/c1-2-3-6-9-7-4-5-8(9)10/h4-5,7H,2-3,6H2,1H3. The van der Waals surface area contributed by atoms with Gasteiger partial charge in [-0.05, 0) is 18.6 Å². The van der Waals surface area contributed by atoms with Crippen molar-refractivity contribution in [3.05, 3.63) is 18.3 Å². The summed E-state index contributed by atoms with van der Waals surface area (Å²) in [5.74, 6) is 0. The molecule has 0 aliphatic rings. The minimum Gasteiger partial charge on any atom is -0.347 e. The largest absolute Gasteiger partial charge is 0.347 e. The SMILES string of the molecule is CCCCn1cccc1[P]. The van der Waals surface area contributed by atoms with Crippen LogP contribution >= 0.6 is 9.24 Å². The van der Waals surface area contributed by atoms with Crippen LogP contribution < -0.4 is 5.44 Å². The van der Waals surface area contributed by atoms with Gasteiger partial charge in [-0.15, -0.1) is 0 Å². The highest BCUT2D eigenvalue weighted by molar-refractivity contribution is 7.27. The first-order valence-electron chi connectivity index (χ1n) is 3.68. The van der Waals surface area contributed by atoms with E-state index >= 15 is 0 Å². The van der Waals surface area contributed by atoms with Crippen molar-refractivity contribution in [1.29, 1.82) is 0 Å². The van der Waals surface area contributed by atoms with Gasteiger partial charge >= 0.3 is 0 Å². The third-order valence-electron chi connectivity index (χ3n) is 1.56.